The molecule has 4 aromatic rings. The molecule has 102 valence electrons. The number of pyridine rings is 2. The Morgan fingerprint density at radius 2 is 2.19 bits per heavy atom. The summed E-state index contributed by atoms with van der Waals surface area (Å²) in [6.45, 7) is -4.64. The summed E-state index contributed by atoms with van der Waals surface area (Å²) in [6, 6.07) is 5.20. The second kappa shape index (κ2) is 3.49. The van der Waals surface area contributed by atoms with Gasteiger partial charge in [0.15, 0.2) is 5.52 Å². The van der Waals surface area contributed by atoms with Crippen LogP contribution in [0.1, 0.15) is 13.8 Å². The summed E-state index contributed by atoms with van der Waals surface area (Å²) in [5.74, 6) is 0.437. The molecule has 0 atom stereocenters. The molecule has 5 rings (SSSR count). The largest absolute Gasteiger partial charge is 0.271 e. The van der Waals surface area contributed by atoms with Gasteiger partial charge in [-0.2, -0.15) is 0 Å². The average molecular weight is 282 g/mol. The predicted octanol–water partition coefficient (Wildman–Crippen LogP) is 1.78. The van der Waals surface area contributed by atoms with Crippen LogP contribution in [-0.2, 0) is 20.5 Å². The Kier molecular flexibility index (Phi) is 1.14. The molecule has 0 saturated heterocycles. The van der Waals surface area contributed by atoms with E-state index in [9.17, 15) is 0 Å². The number of nitrogens with zero attached hydrogens (tertiary/aromatic N) is 5. The van der Waals surface area contributed by atoms with Crippen LogP contribution >= 0.6 is 0 Å². The molecule has 4 aromatic heterocycles. The molecule has 0 N–H and O–H groups in total. The highest BCUT2D eigenvalue weighted by Gasteiger charge is 2.34. The first kappa shape index (κ1) is 6.85. The van der Waals surface area contributed by atoms with E-state index in [1.165, 1.54) is 10.8 Å². The van der Waals surface area contributed by atoms with Gasteiger partial charge in [-0.05, 0) is 18.2 Å². The number of fused-ring (bicyclic) bond motifs is 7. The van der Waals surface area contributed by atoms with Crippen molar-refractivity contribution in [2.45, 2.75) is 6.54 Å². The Hall–Kier alpha value is -2.69. The van der Waals surface area contributed by atoms with Gasteiger partial charge in [0.1, 0.15) is 0 Å². The molecule has 0 fully saturated rings. The predicted molar refractivity (Wildman–Crippen MR) is 79.7 cm³/mol. The average Bonchev–Trinajstić information content (AvgIpc) is 3.19. The number of aryl methyl sites for hydroxylation is 2. The fourth-order valence-corrected chi connectivity index (χ4v) is 3.23. The van der Waals surface area contributed by atoms with Crippen molar-refractivity contribution in [3.8, 4) is 11.4 Å². The highest BCUT2D eigenvalue weighted by atomic mass is 15.2. The number of hydrogen-bond donors (Lipinski definition) is 0. The first-order valence-corrected chi connectivity index (χ1v) is 6.57. The van der Waals surface area contributed by atoms with E-state index in [0.29, 0.717) is 34.5 Å². The summed E-state index contributed by atoms with van der Waals surface area (Å²) in [7, 11) is 0. The van der Waals surface area contributed by atoms with E-state index in [4.69, 9.17) is 8.22 Å². The van der Waals surface area contributed by atoms with Crippen LogP contribution in [0.25, 0.3) is 33.6 Å². The minimum atomic E-state index is -2.51. The van der Waals surface area contributed by atoms with Crippen molar-refractivity contribution in [3.05, 3.63) is 42.4 Å². The molecule has 0 saturated carbocycles. The number of imidazole rings is 1. The van der Waals surface area contributed by atoms with Crippen molar-refractivity contribution >= 4 is 22.2 Å². The molecule has 0 spiro atoms. The zero-order valence-corrected chi connectivity index (χ0v) is 10.9. The molecule has 5 nitrogen and oxygen atoms in total. The molecule has 1 aliphatic rings. The van der Waals surface area contributed by atoms with Crippen molar-refractivity contribution in [2.75, 3.05) is 0 Å². The fraction of sp³-hybridized carbons (Fsp3) is 0.188. The van der Waals surface area contributed by atoms with E-state index in [2.05, 4.69) is 9.97 Å². The van der Waals surface area contributed by atoms with Crippen molar-refractivity contribution in [3.63, 3.8) is 0 Å². The maximum atomic E-state index is 8.11. The smallest absolute Gasteiger partial charge is 0.264 e. The third kappa shape index (κ3) is 1.15. The lowest BCUT2D eigenvalue weighted by atomic mass is 10.2. The molecule has 21 heavy (non-hydrogen) atoms. The van der Waals surface area contributed by atoms with Gasteiger partial charge in [-0.15, -0.1) is 0 Å². The zero-order valence-electron chi connectivity index (χ0n) is 16.9. The quantitative estimate of drug-likeness (QED) is 0.406. The zero-order chi connectivity index (χ0) is 19.1. The summed E-state index contributed by atoms with van der Waals surface area (Å²) in [6.07, 6.45) is 4.77. The van der Waals surface area contributed by atoms with E-state index < -0.39 is 14.0 Å². The van der Waals surface area contributed by atoms with Crippen LogP contribution < -0.4 is 4.57 Å². The second-order valence-corrected chi connectivity index (χ2v) is 5.16. The number of rotatable bonds is 0. The van der Waals surface area contributed by atoms with Gasteiger partial charge in [0.05, 0.1) is 39.7 Å². The first-order valence-electron chi connectivity index (χ1n) is 9.57. The van der Waals surface area contributed by atoms with Gasteiger partial charge in [0, 0.05) is 24.2 Å². The molecule has 0 aromatic carbocycles. The molecule has 0 unspecified atom stereocenters. The number of hydrogen-bond acceptors (Lipinski definition) is 2. The van der Waals surface area contributed by atoms with Crippen LogP contribution in [0, 0.1) is 0 Å². The van der Waals surface area contributed by atoms with E-state index in [1.807, 2.05) is 6.07 Å². The standard InChI is InChI=1S/C16H14N5/c1-19-13-11-4-3-6-18-14(11)20(2)16(13)21-9-10-5-7-17-8-12(10)15(19)21/h3-8H,9H2,1-2H3/q+1/i1D3,2D3. The molecular weight excluding hydrogens is 262 g/mol. The van der Waals surface area contributed by atoms with Crippen LogP contribution in [0.15, 0.2) is 36.8 Å². The van der Waals surface area contributed by atoms with E-state index in [1.54, 1.807) is 29.1 Å². The molecule has 0 amide bonds. The first-order chi connectivity index (χ1) is 12.7. The lowest BCUT2D eigenvalue weighted by Crippen LogP contribution is -2.33. The summed E-state index contributed by atoms with van der Waals surface area (Å²) >= 11 is 0. The van der Waals surface area contributed by atoms with E-state index in [-0.39, 0.29) is 5.65 Å². The molecule has 5 heterocycles. The van der Waals surface area contributed by atoms with E-state index >= 15 is 0 Å². The summed E-state index contributed by atoms with van der Waals surface area (Å²) < 4.78 is 52.5. The van der Waals surface area contributed by atoms with Crippen LogP contribution in [0.3, 0.4) is 0 Å². The Morgan fingerprint density at radius 3 is 3.10 bits per heavy atom. The molecule has 0 bridgehead atoms. The number of aromatic nitrogens is 5. The van der Waals surface area contributed by atoms with Crippen LogP contribution in [0.2, 0.25) is 0 Å². The third-order valence-corrected chi connectivity index (χ3v) is 4.10. The molecule has 0 aliphatic carbocycles. The van der Waals surface area contributed by atoms with Crippen molar-refractivity contribution in [1.82, 2.24) is 19.1 Å². The van der Waals surface area contributed by atoms with Gasteiger partial charge in [-0.3, -0.25) is 9.55 Å². The summed E-state index contributed by atoms with van der Waals surface area (Å²) in [4.78, 5) is 8.36. The fourth-order valence-electron chi connectivity index (χ4n) is 3.23. The van der Waals surface area contributed by atoms with Gasteiger partial charge >= 0.3 is 0 Å². The van der Waals surface area contributed by atoms with E-state index in [0.717, 1.165) is 10.1 Å². The Balaban J connectivity index is 2.07. The highest BCUT2D eigenvalue weighted by Crippen LogP contribution is 2.33. The molecular formula is C16H14N5+. The van der Waals surface area contributed by atoms with Gasteiger partial charge in [0.25, 0.3) is 5.65 Å². The van der Waals surface area contributed by atoms with Crippen LogP contribution in [0.4, 0.5) is 0 Å². The van der Waals surface area contributed by atoms with Crippen molar-refractivity contribution < 1.29 is 12.8 Å². The lowest BCUT2D eigenvalue weighted by molar-refractivity contribution is -0.648. The third-order valence-electron chi connectivity index (χ3n) is 4.10. The molecule has 1 aliphatic heterocycles. The van der Waals surface area contributed by atoms with Crippen LogP contribution in [-0.4, -0.2) is 19.1 Å². The van der Waals surface area contributed by atoms with Crippen LogP contribution in [0.5, 0.6) is 0 Å². The van der Waals surface area contributed by atoms with Gasteiger partial charge in [0.2, 0.25) is 11.5 Å². The SMILES string of the molecule is [2H]C([2H])([2H])n1c2[n+](c3c1c1cccnc1n3C([2H])([2H])[2H])Cc1ccncc1-2. The highest BCUT2D eigenvalue weighted by molar-refractivity contribution is 6.03. The minimum Gasteiger partial charge on any atom is -0.264 e. The minimum absolute atomic E-state index is 0.241. The topological polar surface area (TPSA) is 39.5 Å². The maximum absolute atomic E-state index is 8.11. The van der Waals surface area contributed by atoms with Crippen molar-refractivity contribution in [2.24, 2.45) is 14.0 Å². The Morgan fingerprint density at radius 1 is 1.24 bits per heavy atom. The Bertz CT molecular complexity index is 1230. The van der Waals surface area contributed by atoms with Gasteiger partial charge in [-0.25, -0.2) is 14.1 Å². The van der Waals surface area contributed by atoms with Gasteiger partial charge in [-0.1, -0.05) is 0 Å². The normalized spacial score (nSPS) is 18.5. The monoisotopic (exact) mass is 282 g/mol. The van der Waals surface area contributed by atoms with Crippen molar-refractivity contribution in [1.29, 1.82) is 0 Å². The van der Waals surface area contributed by atoms with Gasteiger partial charge < -0.3 is 0 Å². The lowest BCUT2D eigenvalue weighted by Gasteiger charge is -1.97. The second-order valence-electron chi connectivity index (χ2n) is 5.16. The molecule has 5 heteroatoms. The molecule has 0 radical (unpaired) electrons. The summed E-state index contributed by atoms with van der Waals surface area (Å²) in [5, 5.41) is 0.493. The Labute approximate surface area is 129 Å². The maximum Gasteiger partial charge on any atom is 0.271 e. The summed E-state index contributed by atoms with van der Waals surface area (Å²) in [5.41, 5.74) is 2.50.